The highest BCUT2D eigenvalue weighted by Crippen LogP contribution is 2.28. The number of nitrogens with one attached hydrogen (secondary N) is 1. The molecule has 132 valence electrons. The molecule has 3 heterocycles. The molecule has 0 aliphatic carbocycles. The van der Waals surface area contributed by atoms with Crippen LogP contribution in [0.3, 0.4) is 0 Å². The van der Waals surface area contributed by atoms with Crippen molar-refractivity contribution in [2.45, 2.75) is 6.92 Å². The van der Waals surface area contributed by atoms with E-state index in [0.717, 1.165) is 5.69 Å². The Hall–Kier alpha value is -3.10. The molecule has 1 amide bonds. The third kappa shape index (κ3) is 3.87. The summed E-state index contributed by atoms with van der Waals surface area (Å²) in [4.78, 5) is 28.0. The summed E-state index contributed by atoms with van der Waals surface area (Å²) < 4.78 is 5.03. The van der Waals surface area contributed by atoms with Crippen molar-refractivity contribution in [3.8, 4) is 0 Å². The summed E-state index contributed by atoms with van der Waals surface area (Å²) >= 11 is 0. The van der Waals surface area contributed by atoms with Crippen molar-refractivity contribution >= 4 is 29.1 Å². The molecular weight excluding hydrogens is 322 g/mol. The summed E-state index contributed by atoms with van der Waals surface area (Å²) in [6.07, 6.45) is 4.58. The summed E-state index contributed by atoms with van der Waals surface area (Å²) in [7, 11) is 0. The largest absolute Gasteiger partial charge is 0.450 e. The number of nitrogens with two attached hydrogens (primary N) is 1. The summed E-state index contributed by atoms with van der Waals surface area (Å²) in [6.45, 7) is 4.57. The number of anilines is 4. The van der Waals surface area contributed by atoms with Gasteiger partial charge < -0.3 is 25.6 Å². The number of nitrogens with zero attached hydrogens (tertiary/aromatic N) is 5. The van der Waals surface area contributed by atoms with Crippen LogP contribution in [0.1, 0.15) is 6.92 Å². The quantitative estimate of drug-likeness (QED) is 0.859. The first-order valence-electron chi connectivity index (χ1n) is 8.13. The van der Waals surface area contributed by atoms with E-state index < -0.39 is 0 Å². The lowest BCUT2D eigenvalue weighted by atomic mass is 10.3. The summed E-state index contributed by atoms with van der Waals surface area (Å²) in [5.41, 5.74) is 7.58. The maximum absolute atomic E-state index is 11.8. The Morgan fingerprint density at radius 2 is 1.96 bits per heavy atom. The lowest BCUT2D eigenvalue weighted by Crippen LogP contribution is -2.49. The van der Waals surface area contributed by atoms with Crippen LogP contribution < -0.4 is 16.0 Å². The number of rotatable bonds is 4. The van der Waals surface area contributed by atoms with Crippen molar-refractivity contribution < 1.29 is 9.53 Å². The van der Waals surface area contributed by atoms with Gasteiger partial charge >= 0.3 is 6.09 Å². The van der Waals surface area contributed by atoms with E-state index in [1.165, 1.54) is 6.33 Å². The molecule has 0 saturated carbocycles. The van der Waals surface area contributed by atoms with Crippen molar-refractivity contribution in [2.24, 2.45) is 0 Å². The number of carbonyl (C=O) groups excluding carboxylic acids is 1. The molecule has 2 aromatic rings. The highest BCUT2D eigenvalue weighted by molar-refractivity contribution is 5.78. The molecule has 3 rings (SSSR count). The normalized spacial score (nSPS) is 14.3. The number of amides is 1. The summed E-state index contributed by atoms with van der Waals surface area (Å²) in [6, 6.07) is 3.67. The van der Waals surface area contributed by atoms with Crippen LogP contribution in [0.4, 0.5) is 27.8 Å². The minimum Gasteiger partial charge on any atom is -0.450 e. The highest BCUT2D eigenvalue weighted by atomic mass is 16.6. The van der Waals surface area contributed by atoms with Crippen LogP contribution in [-0.2, 0) is 4.74 Å². The van der Waals surface area contributed by atoms with Gasteiger partial charge in [-0.1, -0.05) is 0 Å². The van der Waals surface area contributed by atoms with Crippen molar-refractivity contribution in [2.75, 3.05) is 48.7 Å². The number of carbonyl (C=O) groups is 1. The van der Waals surface area contributed by atoms with Gasteiger partial charge in [-0.05, 0) is 19.1 Å². The number of pyridine rings is 1. The van der Waals surface area contributed by atoms with Crippen LogP contribution in [0, 0.1) is 0 Å². The molecule has 2 aromatic heterocycles. The van der Waals surface area contributed by atoms with E-state index >= 15 is 0 Å². The predicted molar refractivity (Wildman–Crippen MR) is 94.8 cm³/mol. The van der Waals surface area contributed by atoms with Crippen LogP contribution in [-0.4, -0.2) is 58.7 Å². The number of aromatic nitrogens is 3. The lowest BCUT2D eigenvalue weighted by Gasteiger charge is -2.35. The standard InChI is InChI=1S/C16H21N7O2/c1-2-25-16(24)23-9-7-22(8-10-23)15-13(17)14(19-11-20-15)21-12-3-5-18-6-4-12/h3-6,11H,2,7-10,17H2,1H3,(H,18,19,20,21). The second-order valence-corrected chi connectivity index (χ2v) is 5.49. The van der Waals surface area contributed by atoms with Gasteiger partial charge in [-0.25, -0.2) is 14.8 Å². The van der Waals surface area contributed by atoms with E-state index in [-0.39, 0.29) is 6.09 Å². The van der Waals surface area contributed by atoms with Gasteiger partial charge in [-0.15, -0.1) is 0 Å². The van der Waals surface area contributed by atoms with Crippen LogP contribution in [0.2, 0.25) is 0 Å². The van der Waals surface area contributed by atoms with E-state index in [9.17, 15) is 4.79 Å². The summed E-state index contributed by atoms with van der Waals surface area (Å²) in [5, 5.41) is 3.17. The molecule has 25 heavy (non-hydrogen) atoms. The summed E-state index contributed by atoms with van der Waals surface area (Å²) in [5.74, 6) is 1.21. The number of hydrogen-bond acceptors (Lipinski definition) is 8. The average molecular weight is 343 g/mol. The Morgan fingerprint density at radius 1 is 1.24 bits per heavy atom. The first-order chi connectivity index (χ1) is 12.2. The van der Waals surface area contributed by atoms with E-state index in [1.54, 1.807) is 24.2 Å². The van der Waals surface area contributed by atoms with Gasteiger partial charge in [0.15, 0.2) is 11.6 Å². The van der Waals surface area contributed by atoms with Gasteiger partial charge in [-0.3, -0.25) is 4.98 Å². The van der Waals surface area contributed by atoms with Crippen molar-refractivity contribution in [1.29, 1.82) is 0 Å². The van der Waals surface area contributed by atoms with Gasteiger partial charge in [0, 0.05) is 44.3 Å². The molecule has 9 nitrogen and oxygen atoms in total. The fourth-order valence-electron chi connectivity index (χ4n) is 2.63. The molecule has 0 spiro atoms. The fraction of sp³-hybridized carbons (Fsp3) is 0.375. The molecule has 1 saturated heterocycles. The molecule has 1 aliphatic rings. The molecule has 9 heteroatoms. The number of hydrogen-bond donors (Lipinski definition) is 2. The van der Waals surface area contributed by atoms with Crippen LogP contribution in [0.25, 0.3) is 0 Å². The topological polar surface area (TPSA) is 110 Å². The molecule has 1 fully saturated rings. The number of ether oxygens (including phenoxy) is 1. The fourth-order valence-corrected chi connectivity index (χ4v) is 2.63. The Balaban J connectivity index is 1.69. The molecule has 1 aliphatic heterocycles. The van der Waals surface area contributed by atoms with Crippen LogP contribution >= 0.6 is 0 Å². The number of nitrogen functional groups attached to an aromatic ring is 1. The maximum atomic E-state index is 11.8. The molecular formula is C16H21N7O2. The van der Waals surface area contributed by atoms with Crippen molar-refractivity contribution in [3.05, 3.63) is 30.9 Å². The van der Waals surface area contributed by atoms with Crippen LogP contribution in [0.15, 0.2) is 30.9 Å². The smallest absolute Gasteiger partial charge is 0.409 e. The van der Waals surface area contributed by atoms with Gasteiger partial charge in [0.05, 0.1) is 6.61 Å². The lowest BCUT2D eigenvalue weighted by molar-refractivity contribution is 0.105. The van der Waals surface area contributed by atoms with E-state index in [2.05, 4.69) is 20.3 Å². The Kier molecular flexibility index (Phi) is 5.12. The van der Waals surface area contributed by atoms with Gasteiger partial charge in [-0.2, -0.15) is 0 Å². The van der Waals surface area contributed by atoms with E-state index in [0.29, 0.717) is 50.1 Å². The molecule has 3 N–H and O–H groups in total. The first kappa shape index (κ1) is 16.7. The Morgan fingerprint density at radius 3 is 2.64 bits per heavy atom. The maximum Gasteiger partial charge on any atom is 0.409 e. The van der Waals surface area contributed by atoms with Crippen LogP contribution in [0.5, 0.6) is 0 Å². The van der Waals surface area contributed by atoms with Gasteiger partial charge in [0.2, 0.25) is 0 Å². The SMILES string of the molecule is CCOC(=O)N1CCN(c2ncnc(Nc3ccncc3)c2N)CC1. The highest BCUT2D eigenvalue weighted by Gasteiger charge is 2.24. The zero-order chi connectivity index (χ0) is 17.6. The molecule has 0 atom stereocenters. The monoisotopic (exact) mass is 343 g/mol. The average Bonchev–Trinajstić information content (AvgIpc) is 2.65. The molecule has 0 aromatic carbocycles. The molecule has 0 bridgehead atoms. The zero-order valence-corrected chi connectivity index (χ0v) is 14.1. The van der Waals surface area contributed by atoms with Crippen molar-refractivity contribution in [1.82, 2.24) is 19.9 Å². The Labute approximate surface area is 145 Å². The third-order valence-electron chi connectivity index (χ3n) is 3.91. The number of piperazine rings is 1. The minimum absolute atomic E-state index is 0.280. The first-order valence-corrected chi connectivity index (χ1v) is 8.13. The van der Waals surface area contributed by atoms with Gasteiger partial charge in [0.1, 0.15) is 12.0 Å². The van der Waals surface area contributed by atoms with Gasteiger partial charge in [0.25, 0.3) is 0 Å². The zero-order valence-electron chi connectivity index (χ0n) is 14.1. The second kappa shape index (κ2) is 7.65. The molecule has 0 unspecified atom stereocenters. The van der Waals surface area contributed by atoms with E-state index in [1.807, 2.05) is 17.0 Å². The van der Waals surface area contributed by atoms with E-state index in [4.69, 9.17) is 10.5 Å². The Bertz CT molecular complexity index is 718. The molecule has 0 radical (unpaired) electrons. The predicted octanol–water partition coefficient (Wildman–Crippen LogP) is 1.48. The second-order valence-electron chi connectivity index (χ2n) is 5.49. The third-order valence-corrected chi connectivity index (χ3v) is 3.91. The van der Waals surface area contributed by atoms with Crippen molar-refractivity contribution in [3.63, 3.8) is 0 Å². The minimum atomic E-state index is -0.280.